The monoisotopic (exact) mass is 701 g/mol. The standard InChI is InChI=1S/C43H44ClN3O4/c1-31-8-15-38(16-9-31)49-25-20-34-10-12-35(13-11-34)29-46-21-23-47(24-22-46)42(48)19-14-36-26-33(3)43(40(44)27-36)51-41-18-17-39(28-45-41)50-30-37-7-5-4-6-32(37)2/h4-19,26-28H,20-25,29-30H2,1-3H3. The minimum atomic E-state index is -0.00473. The second kappa shape index (κ2) is 17.2. The van der Waals surface area contributed by atoms with Crippen molar-refractivity contribution in [2.24, 2.45) is 0 Å². The molecule has 1 aromatic heterocycles. The molecule has 7 nitrogen and oxygen atoms in total. The number of amides is 1. The van der Waals surface area contributed by atoms with Gasteiger partial charge in [0, 0.05) is 51.3 Å². The summed E-state index contributed by atoms with van der Waals surface area (Å²) in [5.74, 6) is 2.50. The van der Waals surface area contributed by atoms with Crippen LogP contribution in [0.25, 0.3) is 6.08 Å². The van der Waals surface area contributed by atoms with E-state index in [-0.39, 0.29) is 5.91 Å². The van der Waals surface area contributed by atoms with Crippen LogP contribution in [0.15, 0.2) is 109 Å². The van der Waals surface area contributed by atoms with E-state index in [0.717, 1.165) is 48.5 Å². The predicted octanol–water partition coefficient (Wildman–Crippen LogP) is 9.01. The van der Waals surface area contributed by atoms with E-state index in [9.17, 15) is 4.79 Å². The fourth-order valence-electron chi connectivity index (χ4n) is 5.92. The Bertz CT molecular complexity index is 1910. The number of piperazine rings is 1. The van der Waals surface area contributed by atoms with Crippen LogP contribution in [0.1, 0.15) is 38.9 Å². The van der Waals surface area contributed by atoms with Crippen LogP contribution in [-0.4, -0.2) is 53.5 Å². The smallest absolute Gasteiger partial charge is 0.246 e. The molecule has 0 unspecified atom stereocenters. The lowest BCUT2D eigenvalue weighted by atomic mass is 10.1. The van der Waals surface area contributed by atoms with Gasteiger partial charge in [0.1, 0.15) is 18.1 Å². The first-order valence-corrected chi connectivity index (χ1v) is 17.7. The molecule has 0 radical (unpaired) electrons. The summed E-state index contributed by atoms with van der Waals surface area (Å²) in [5, 5.41) is 0.445. The van der Waals surface area contributed by atoms with Crippen molar-refractivity contribution in [2.45, 2.75) is 40.3 Å². The van der Waals surface area contributed by atoms with Crippen molar-refractivity contribution in [3.63, 3.8) is 0 Å². The maximum atomic E-state index is 13.0. The largest absolute Gasteiger partial charge is 0.493 e. The lowest BCUT2D eigenvalue weighted by molar-refractivity contribution is -0.127. The second-order valence-corrected chi connectivity index (χ2v) is 13.4. The molecular formula is C43H44ClN3O4. The van der Waals surface area contributed by atoms with Gasteiger partial charge in [-0.05, 0) is 90.6 Å². The summed E-state index contributed by atoms with van der Waals surface area (Å²) < 4.78 is 17.8. The molecule has 51 heavy (non-hydrogen) atoms. The molecule has 262 valence electrons. The number of nitrogens with zero attached hydrogens (tertiary/aromatic N) is 3. The molecule has 2 heterocycles. The molecule has 6 rings (SSSR count). The van der Waals surface area contributed by atoms with E-state index in [1.165, 1.54) is 22.3 Å². The Morgan fingerprint density at radius 1 is 0.804 bits per heavy atom. The number of ether oxygens (including phenoxy) is 3. The van der Waals surface area contributed by atoms with E-state index in [4.69, 9.17) is 25.8 Å². The number of carbonyl (C=O) groups excluding carboxylic acids is 1. The van der Waals surface area contributed by atoms with Crippen molar-refractivity contribution in [1.29, 1.82) is 0 Å². The summed E-state index contributed by atoms with van der Waals surface area (Å²) in [6.07, 6.45) is 5.94. The maximum Gasteiger partial charge on any atom is 0.246 e. The number of halogens is 1. The number of benzene rings is 4. The van der Waals surface area contributed by atoms with Crippen LogP contribution in [0.3, 0.4) is 0 Å². The van der Waals surface area contributed by atoms with Gasteiger partial charge in [-0.1, -0.05) is 77.8 Å². The lowest BCUT2D eigenvalue weighted by Crippen LogP contribution is -2.47. The Morgan fingerprint density at radius 2 is 1.53 bits per heavy atom. The van der Waals surface area contributed by atoms with Crippen molar-refractivity contribution in [2.75, 3.05) is 32.8 Å². The Balaban J connectivity index is 0.935. The summed E-state index contributed by atoms with van der Waals surface area (Å²) in [6.45, 7) is 11.1. The van der Waals surface area contributed by atoms with Crippen molar-refractivity contribution in [3.05, 3.63) is 153 Å². The minimum absolute atomic E-state index is 0.00473. The van der Waals surface area contributed by atoms with Gasteiger partial charge in [0.25, 0.3) is 0 Å². The summed E-state index contributed by atoms with van der Waals surface area (Å²) in [6, 6.07) is 32.4. The van der Waals surface area contributed by atoms with Crippen LogP contribution in [-0.2, 0) is 24.4 Å². The first-order chi connectivity index (χ1) is 24.8. The molecule has 0 saturated carbocycles. The minimum Gasteiger partial charge on any atom is -0.493 e. The van der Waals surface area contributed by atoms with E-state index in [1.54, 1.807) is 24.4 Å². The number of aromatic nitrogens is 1. The molecule has 0 N–H and O–H groups in total. The van der Waals surface area contributed by atoms with Crippen LogP contribution < -0.4 is 14.2 Å². The van der Waals surface area contributed by atoms with Gasteiger partial charge in [-0.15, -0.1) is 0 Å². The van der Waals surface area contributed by atoms with Crippen molar-refractivity contribution in [3.8, 4) is 23.1 Å². The molecule has 1 amide bonds. The van der Waals surface area contributed by atoms with Crippen LogP contribution >= 0.6 is 11.6 Å². The zero-order valence-electron chi connectivity index (χ0n) is 29.5. The van der Waals surface area contributed by atoms with Crippen molar-refractivity contribution < 1.29 is 19.0 Å². The number of hydrogen-bond donors (Lipinski definition) is 0. The number of rotatable bonds is 13. The molecule has 4 aromatic carbocycles. The summed E-state index contributed by atoms with van der Waals surface area (Å²) in [7, 11) is 0. The number of pyridine rings is 1. The molecule has 0 aliphatic carbocycles. The van der Waals surface area contributed by atoms with E-state index >= 15 is 0 Å². The zero-order chi connectivity index (χ0) is 35.6. The molecule has 1 saturated heterocycles. The average Bonchev–Trinajstić information content (AvgIpc) is 3.14. The Kier molecular flexibility index (Phi) is 12.0. The predicted molar refractivity (Wildman–Crippen MR) is 204 cm³/mol. The molecule has 0 atom stereocenters. The van der Waals surface area contributed by atoms with Gasteiger partial charge in [0.15, 0.2) is 5.75 Å². The third kappa shape index (κ3) is 10.2. The van der Waals surface area contributed by atoms with Gasteiger partial charge < -0.3 is 19.1 Å². The molecule has 1 aliphatic rings. The number of hydrogen-bond acceptors (Lipinski definition) is 6. The van der Waals surface area contributed by atoms with Gasteiger partial charge in [-0.3, -0.25) is 9.69 Å². The highest BCUT2D eigenvalue weighted by atomic mass is 35.5. The Labute approximate surface area is 306 Å². The van der Waals surface area contributed by atoms with E-state index < -0.39 is 0 Å². The highest BCUT2D eigenvalue weighted by Gasteiger charge is 2.20. The summed E-state index contributed by atoms with van der Waals surface area (Å²) >= 11 is 6.64. The first-order valence-electron chi connectivity index (χ1n) is 17.4. The number of carbonyl (C=O) groups is 1. The fourth-order valence-corrected chi connectivity index (χ4v) is 6.24. The molecule has 0 spiro atoms. The Morgan fingerprint density at radius 3 is 2.24 bits per heavy atom. The van der Waals surface area contributed by atoms with E-state index in [1.807, 2.05) is 54.3 Å². The molecule has 1 fully saturated rings. The van der Waals surface area contributed by atoms with Gasteiger partial charge in [-0.2, -0.15) is 0 Å². The zero-order valence-corrected chi connectivity index (χ0v) is 30.2. The van der Waals surface area contributed by atoms with Crippen LogP contribution in [0.5, 0.6) is 23.1 Å². The highest BCUT2D eigenvalue weighted by molar-refractivity contribution is 6.32. The van der Waals surface area contributed by atoms with E-state index in [0.29, 0.717) is 48.7 Å². The quantitative estimate of drug-likeness (QED) is 0.114. The lowest BCUT2D eigenvalue weighted by Gasteiger charge is -2.34. The first kappa shape index (κ1) is 35.7. The highest BCUT2D eigenvalue weighted by Crippen LogP contribution is 2.34. The fraction of sp³-hybridized carbons (Fsp3) is 0.256. The molecule has 5 aromatic rings. The van der Waals surface area contributed by atoms with Crippen molar-refractivity contribution in [1.82, 2.24) is 14.8 Å². The topological polar surface area (TPSA) is 64.1 Å². The van der Waals surface area contributed by atoms with Gasteiger partial charge in [0.2, 0.25) is 11.8 Å². The number of aryl methyl sites for hydroxylation is 3. The third-order valence-corrected chi connectivity index (χ3v) is 9.32. The molecule has 0 bridgehead atoms. The third-order valence-electron chi connectivity index (χ3n) is 9.03. The second-order valence-electron chi connectivity index (χ2n) is 13.0. The molecular weight excluding hydrogens is 658 g/mol. The molecule has 1 aliphatic heterocycles. The molecule has 8 heteroatoms. The van der Waals surface area contributed by atoms with Crippen molar-refractivity contribution >= 4 is 23.6 Å². The maximum absolute atomic E-state index is 13.0. The van der Waals surface area contributed by atoms with E-state index in [2.05, 4.69) is 72.3 Å². The normalized spacial score (nSPS) is 13.4. The van der Waals surface area contributed by atoms with Gasteiger partial charge in [0.05, 0.1) is 17.8 Å². The SMILES string of the molecule is Cc1ccc(OCCc2ccc(CN3CCN(C(=O)C=Cc4cc(C)c(Oc5ccc(OCc6ccccc6C)cn5)c(Cl)c4)CC3)cc2)cc1. The Hall–Kier alpha value is -5.11. The van der Waals surface area contributed by atoms with Crippen LogP contribution in [0.4, 0.5) is 0 Å². The van der Waals surface area contributed by atoms with Crippen LogP contribution in [0.2, 0.25) is 5.02 Å². The van der Waals surface area contributed by atoms with Gasteiger partial charge >= 0.3 is 0 Å². The van der Waals surface area contributed by atoms with Crippen LogP contribution in [0, 0.1) is 20.8 Å². The summed E-state index contributed by atoms with van der Waals surface area (Å²) in [4.78, 5) is 21.7. The van der Waals surface area contributed by atoms with Gasteiger partial charge in [-0.25, -0.2) is 4.98 Å². The average molecular weight is 702 g/mol. The summed E-state index contributed by atoms with van der Waals surface area (Å²) in [5.41, 5.74) is 7.74.